The molecule has 0 aromatic carbocycles. The van der Waals surface area contributed by atoms with Gasteiger partial charge in [-0.15, -0.1) is 0 Å². The van der Waals surface area contributed by atoms with E-state index in [1.54, 1.807) is 0 Å². The first-order valence-electron chi connectivity index (χ1n) is 7.39. The summed E-state index contributed by atoms with van der Waals surface area (Å²) < 4.78 is 0. The summed E-state index contributed by atoms with van der Waals surface area (Å²) in [5, 5.41) is 0. The van der Waals surface area contributed by atoms with Crippen LogP contribution in [0.1, 0.15) is 39.5 Å². The third kappa shape index (κ3) is 3.45. The number of carbonyl (C=O) groups is 1. The van der Waals surface area contributed by atoms with E-state index in [2.05, 4.69) is 18.7 Å². The molecule has 2 unspecified atom stereocenters. The Morgan fingerprint density at radius 1 is 1.28 bits per heavy atom. The van der Waals surface area contributed by atoms with E-state index in [0.29, 0.717) is 18.4 Å². The fourth-order valence-electron chi connectivity index (χ4n) is 2.69. The minimum atomic E-state index is 0.102. The van der Waals surface area contributed by atoms with Gasteiger partial charge in [-0.25, -0.2) is 0 Å². The van der Waals surface area contributed by atoms with Crippen LogP contribution in [-0.4, -0.2) is 54.0 Å². The number of rotatable bonds is 5. The molecule has 18 heavy (non-hydrogen) atoms. The molecule has 1 heterocycles. The van der Waals surface area contributed by atoms with Crippen molar-refractivity contribution in [2.24, 2.45) is 11.7 Å². The zero-order chi connectivity index (χ0) is 13.1. The van der Waals surface area contributed by atoms with Gasteiger partial charge in [-0.2, -0.15) is 0 Å². The number of nitrogens with two attached hydrogens (primary N) is 1. The molecule has 1 saturated carbocycles. The summed E-state index contributed by atoms with van der Waals surface area (Å²) >= 11 is 0. The van der Waals surface area contributed by atoms with Gasteiger partial charge in [-0.05, 0) is 32.1 Å². The van der Waals surface area contributed by atoms with E-state index in [1.807, 2.05) is 4.90 Å². The molecule has 2 rings (SSSR count). The molecule has 2 atom stereocenters. The van der Waals surface area contributed by atoms with Gasteiger partial charge in [0.15, 0.2) is 0 Å². The van der Waals surface area contributed by atoms with Crippen molar-refractivity contribution in [3.8, 4) is 0 Å². The van der Waals surface area contributed by atoms with Crippen LogP contribution in [0.4, 0.5) is 0 Å². The molecule has 0 radical (unpaired) electrons. The van der Waals surface area contributed by atoms with Gasteiger partial charge in [-0.1, -0.05) is 6.92 Å². The lowest BCUT2D eigenvalue weighted by Crippen LogP contribution is -2.52. The Morgan fingerprint density at radius 2 is 1.89 bits per heavy atom. The molecule has 2 fully saturated rings. The average molecular weight is 253 g/mol. The summed E-state index contributed by atoms with van der Waals surface area (Å²) in [7, 11) is 0. The number of hydrogen-bond donors (Lipinski definition) is 1. The summed E-state index contributed by atoms with van der Waals surface area (Å²) in [4.78, 5) is 16.6. The molecule has 1 saturated heterocycles. The maximum atomic E-state index is 12.1. The highest BCUT2D eigenvalue weighted by Crippen LogP contribution is 2.33. The Bertz CT molecular complexity index is 283. The second kappa shape index (κ2) is 6.02. The van der Waals surface area contributed by atoms with Crippen molar-refractivity contribution >= 4 is 5.91 Å². The summed E-state index contributed by atoms with van der Waals surface area (Å²) in [6, 6.07) is 0.737. The Kier molecular flexibility index (Phi) is 4.62. The summed E-state index contributed by atoms with van der Waals surface area (Å²) in [5.41, 5.74) is 6.03. The molecule has 1 aliphatic heterocycles. The highest BCUT2D eigenvalue weighted by atomic mass is 16.2. The topological polar surface area (TPSA) is 49.6 Å². The summed E-state index contributed by atoms with van der Waals surface area (Å²) in [6.45, 7) is 8.26. The van der Waals surface area contributed by atoms with Crippen LogP contribution in [0.15, 0.2) is 0 Å². The first-order valence-corrected chi connectivity index (χ1v) is 7.39. The Morgan fingerprint density at radius 3 is 2.39 bits per heavy atom. The Balaban J connectivity index is 1.73. The molecule has 0 aromatic rings. The zero-order valence-electron chi connectivity index (χ0n) is 11.8. The minimum absolute atomic E-state index is 0.102. The van der Waals surface area contributed by atoms with Crippen molar-refractivity contribution in [3.05, 3.63) is 0 Å². The van der Waals surface area contributed by atoms with E-state index in [1.165, 1.54) is 19.3 Å². The second-order valence-electron chi connectivity index (χ2n) is 5.88. The van der Waals surface area contributed by atoms with Crippen LogP contribution >= 0.6 is 0 Å². The van der Waals surface area contributed by atoms with Gasteiger partial charge in [-0.3, -0.25) is 9.69 Å². The number of piperazine rings is 1. The molecular weight excluding hydrogens is 226 g/mol. The predicted molar refractivity (Wildman–Crippen MR) is 73.2 cm³/mol. The van der Waals surface area contributed by atoms with Gasteiger partial charge >= 0.3 is 0 Å². The van der Waals surface area contributed by atoms with Crippen LogP contribution in [-0.2, 0) is 4.79 Å². The molecule has 0 bridgehead atoms. The van der Waals surface area contributed by atoms with E-state index >= 15 is 0 Å². The van der Waals surface area contributed by atoms with Crippen molar-refractivity contribution in [3.63, 3.8) is 0 Å². The molecule has 4 nitrogen and oxygen atoms in total. The number of amides is 1. The molecule has 0 spiro atoms. The summed E-state index contributed by atoms with van der Waals surface area (Å²) in [6.07, 6.45) is 4.17. The van der Waals surface area contributed by atoms with Gasteiger partial charge in [0.25, 0.3) is 0 Å². The normalized spacial score (nSPS) is 24.9. The van der Waals surface area contributed by atoms with Gasteiger partial charge in [0, 0.05) is 44.7 Å². The highest BCUT2D eigenvalue weighted by molar-refractivity contribution is 5.77. The lowest BCUT2D eigenvalue weighted by Gasteiger charge is -2.38. The van der Waals surface area contributed by atoms with E-state index in [-0.39, 0.29) is 11.9 Å². The molecule has 104 valence electrons. The fourth-order valence-corrected chi connectivity index (χ4v) is 2.69. The van der Waals surface area contributed by atoms with E-state index in [0.717, 1.165) is 26.2 Å². The minimum Gasteiger partial charge on any atom is -0.340 e. The first kappa shape index (κ1) is 13.8. The second-order valence-corrected chi connectivity index (χ2v) is 5.88. The third-order valence-electron chi connectivity index (χ3n) is 4.52. The maximum Gasteiger partial charge on any atom is 0.224 e. The Hall–Kier alpha value is -0.610. The number of hydrogen-bond acceptors (Lipinski definition) is 3. The smallest absolute Gasteiger partial charge is 0.224 e. The molecule has 0 aromatic heterocycles. The predicted octanol–water partition coefficient (Wildman–Crippen LogP) is 1.06. The largest absolute Gasteiger partial charge is 0.340 e. The first-order chi connectivity index (χ1) is 8.61. The van der Waals surface area contributed by atoms with Gasteiger partial charge < -0.3 is 10.6 Å². The van der Waals surface area contributed by atoms with Crippen molar-refractivity contribution < 1.29 is 4.79 Å². The zero-order valence-corrected chi connectivity index (χ0v) is 11.8. The van der Waals surface area contributed by atoms with Gasteiger partial charge in [0.1, 0.15) is 0 Å². The van der Waals surface area contributed by atoms with E-state index < -0.39 is 0 Å². The van der Waals surface area contributed by atoms with Crippen molar-refractivity contribution in [2.45, 2.75) is 51.6 Å². The van der Waals surface area contributed by atoms with Crippen LogP contribution in [0.2, 0.25) is 0 Å². The molecule has 4 heteroatoms. The van der Waals surface area contributed by atoms with Crippen LogP contribution in [0, 0.1) is 5.92 Å². The molecule has 2 N–H and O–H groups in total. The lowest BCUT2D eigenvalue weighted by atomic mass is 10.1. The van der Waals surface area contributed by atoms with E-state index in [4.69, 9.17) is 5.73 Å². The van der Waals surface area contributed by atoms with Gasteiger partial charge in [0.2, 0.25) is 5.91 Å². The number of nitrogens with zero attached hydrogens (tertiary/aromatic N) is 2. The molecule has 2 aliphatic rings. The van der Waals surface area contributed by atoms with Crippen molar-refractivity contribution in [1.29, 1.82) is 0 Å². The number of carbonyl (C=O) groups excluding carboxylic acids is 1. The lowest BCUT2D eigenvalue weighted by molar-refractivity contribution is -0.133. The average Bonchev–Trinajstić information content (AvgIpc) is 3.22. The van der Waals surface area contributed by atoms with Gasteiger partial charge in [0.05, 0.1) is 0 Å². The van der Waals surface area contributed by atoms with Crippen molar-refractivity contribution in [2.75, 3.05) is 26.2 Å². The fraction of sp³-hybridized carbons (Fsp3) is 0.929. The highest BCUT2D eigenvalue weighted by Gasteiger charge is 2.31. The third-order valence-corrected chi connectivity index (χ3v) is 4.52. The van der Waals surface area contributed by atoms with Crippen molar-refractivity contribution in [1.82, 2.24) is 9.80 Å². The molecule has 1 amide bonds. The molecular formula is C14H27N3O. The summed E-state index contributed by atoms with van der Waals surface area (Å²) in [5.74, 6) is 0.883. The van der Waals surface area contributed by atoms with Crippen LogP contribution < -0.4 is 5.73 Å². The van der Waals surface area contributed by atoms with Crippen LogP contribution in [0.25, 0.3) is 0 Å². The Labute approximate surface area is 110 Å². The van der Waals surface area contributed by atoms with Crippen LogP contribution in [0.5, 0.6) is 0 Å². The maximum absolute atomic E-state index is 12.1. The monoisotopic (exact) mass is 253 g/mol. The van der Waals surface area contributed by atoms with E-state index in [9.17, 15) is 4.79 Å². The SMILES string of the molecule is CCC(C)N1CCN(C(=O)CC(N)C2CC2)CC1. The van der Waals surface area contributed by atoms with Crippen LogP contribution in [0.3, 0.4) is 0 Å². The quantitative estimate of drug-likeness (QED) is 0.797. The molecule has 1 aliphatic carbocycles. The standard InChI is InChI=1S/C14H27N3O/c1-3-11(2)16-6-8-17(9-7-16)14(18)10-13(15)12-4-5-12/h11-13H,3-10,15H2,1-2H3.